The number of benzene rings is 1. The smallest absolute Gasteiger partial charge is 0.270 e. The second-order valence-corrected chi connectivity index (χ2v) is 7.19. The molecule has 6 heteroatoms. The first-order valence-electron chi connectivity index (χ1n) is 7.88. The van der Waals surface area contributed by atoms with Crippen LogP contribution in [-0.2, 0) is 9.59 Å². The maximum Gasteiger partial charge on any atom is 0.270 e. The highest BCUT2D eigenvalue weighted by atomic mass is 35.5. The summed E-state index contributed by atoms with van der Waals surface area (Å²) in [4.78, 5) is 26.7. The Hall–Kier alpha value is -1.52. The van der Waals surface area contributed by atoms with Crippen LogP contribution in [0.2, 0.25) is 10.0 Å². The molecule has 0 radical (unpaired) electrons. The van der Waals surface area contributed by atoms with Gasteiger partial charge < -0.3 is 10.2 Å². The summed E-state index contributed by atoms with van der Waals surface area (Å²) in [6.07, 6.45) is 1.54. The molecule has 1 aromatic carbocycles. The monoisotopic (exact) mass is 370 g/mol. The van der Waals surface area contributed by atoms with Gasteiger partial charge in [-0.3, -0.25) is 9.59 Å². The Bertz CT molecular complexity index is 625. The zero-order chi connectivity index (χ0) is 18.5. The van der Waals surface area contributed by atoms with Crippen LogP contribution in [0.4, 0.5) is 0 Å². The Balaban J connectivity index is 3.35. The second kappa shape index (κ2) is 8.54. The van der Waals surface area contributed by atoms with E-state index in [0.29, 0.717) is 28.7 Å². The van der Waals surface area contributed by atoms with Gasteiger partial charge in [0.15, 0.2) is 0 Å². The van der Waals surface area contributed by atoms with Gasteiger partial charge in [0.05, 0.1) is 0 Å². The van der Waals surface area contributed by atoms with Crippen molar-refractivity contribution in [3.8, 4) is 0 Å². The molecular weight excluding hydrogens is 347 g/mol. The number of nitrogens with one attached hydrogen (secondary N) is 1. The van der Waals surface area contributed by atoms with Crippen molar-refractivity contribution in [1.82, 2.24) is 10.2 Å². The van der Waals surface area contributed by atoms with Gasteiger partial charge in [-0.05, 0) is 32.1 Å². The van der Waals surface area contributed by atoms with Gasteiger partial charge in [-0.2, -0.15) is 0 Å². The second-order valence-electron chi connectivity index (χ2n) is 6.37. The molecule has 0 unspecified atom stereocenters. The Labute approximate surface area is 153 Å². The van der Waals surface area contributed by atoms with Crippen LogP contribution >= 0.6 is 23.2 Å². The van der Waals surface area contributed by atoms with Crippen molar-refractivity contribution in [2.75, 3.05) is 13.1 Å². The summed E-state index contributed by atoms with van der Waals surface area (Å²) in [6.45, 7) is 10.2. The van der Waals surface area contributed by atoms with E-state index in [-0.39, 0.29) is 17.5 Å². The number of hydrogen-bond donors (Lipinski definition) is 1. The first kappa shape index (κ1) is 20.5. The molecule has 24 heavy (non-hydrogen) atoms. The van der Waals surface area contributed by atoms with Crippen LogP contribution in [-0.4, -0.2) is 29.8 Å². The van der Waals surface area contributed by atoms with Gasteiger partial charge in [0.25, 0.3) is 5.91 Å². The molecule has 0 aromatic heterocycles. The summed E-state index contributed by atoms with van der Waals surface area (Å²) in [5, 5.41) is 3.55. The van der Waals surface area contributed by atoms with Gasteiger partial charge in [-0.15, -0.1) is 0 Å². The van der Waals surface area contributed by atoms with Crippen LogP contribution in [0.3, 0.4) is 0 Å². The number of nitrogens with zero attached hydrogens (tertiary/aromatic N) is 1. The van der Waals surface area contributed by atoms with Crippen LogP contribution < -0.4 is 5.32 Å². The fourth-order valence-corrected chi connectivity index (χ4v) is 2.44. The standard InChI is InChI=1S/C18H24Cl2N2O2/c1-6-22(7-2)16(23)15(21-17(24)18(3,4)5)11-12-13(19)9-8-10-14(12)20/h8-11H,6-7H2,1-5H3,(H,21,24)/b15-11+. The number of amides is 2. The minimum atomic E-state index is -0.632. The third-order valence-electron chi connectivity index (χ3n) is 3.50. The Morgan fingerprint density at radius 1 is 1.12 bits per heavy atom. The van der Waals surface area contributed by atoms with Crippen LogP contribution in [0.5, 0.6) is 0 Å². The Morgan fingerprint density at radius 2 is 1.62 bits per heavy atom. The van der Waals surface area contributed by atoms with E-state index in [1.165, 1.54) is 6.08 Å². The van der Waals surface area contributed by atoms with Crippen molar-refractivity contribution in [2.24, 2.45) is 5.41 Å². The van der Waals surface area contributed by atoms with E-state index in [1.54, 1.807) is 43.9 Å². The predicted octanol–water partition coefficient (Wildman–Crippen LogP) is 4.37. The highest BCUT2D eigenvalue weighted by molar-refractivity contribution is 6.37. The van der Waals surface area contributed by atoms with Crippen molar-refractivity contribution in [1.29, 1.82) is 0 Å². The average Bonchev–Trinajstić information content (AvgIpc) is 2.49. The van der Waals surface area contributed by atoms with Crippen LogP contribution in [0.15, 0.2) is 23.9 Å². The molecule has 1 aromatic rings. The normalized spacial score (nSPS) is 12.0. The molecule has 0 atom stereocenters. The lowest BCUT2D eigenvalue weighted by Crippen LogP contribution is -2.41. The number of carbonyl (C=O) groups excluding carboxylic acids is 2. The van der Waals surface area contributed by atoms with Gasteiger partial charge in [0, 0.05) is 34.1 Å². The SMILES string of the molecule is CCN(CC)C(=O)/C(=C\c1c(Cl)cccc1Cl)NC(=O)C(C)(C)C. The molecule has 2 amide bonds. The molecule has 4 nitrogen and oxygen atoms in total. The van der Waals surface area contributed by atoms with Gasteiger partial charge in [-0.25, -0.2) is 0 Å². The number of carbonyl (C=O) groups is 2. The lowest BCUT2D eigenvalue weighted by Gasteiger charge is -2.24. The van der Waals surface area contributed by atoms with Crippen LogP contribution in [0.25, 0.3) is 6.08 Å². The summed E-state index contributed by atoms with van der Waals surface area (Å²) in [5.41, 5.74) is 0.0339. The summed E-state index contributed by atoms with van der Waals surface area (Å²) in [6, 6.07) is 5.09. The molecule has 0 aliphatic carbocycles. The molecule has 1 N–H and O–H groups in total. The predicted molar refractivity (Wildman–Crippen MR) is 100.0 cm³/mol. The van der Waals surface area contributed by atoms with E-state index in [1.807, 2.05) is 13.8 Å². The molecule has 1 rings (SSSR count). The van der Waals surface area contributed by atoms with E-state index < -0.39 is 5.41 Å². The number of likely N-dealkylation sites (N-methyl/N-ethyl adjacent to an activating group) is 1. The molecule has 0 fully saturated rings. The summed E-state index contributed by atoms with van der Waals surface area (Å²) in [7, 11) is 0. The largest absolute Gasteiger partial charge is 0.338 e. The third kappa shape index (κ3) is 5.25. The fraction of sp³-hybridized carbons (Fsp3) is 0.444. The van der Waals surface area contributed by atoms with Crippen molar-refractivity contribution in [3.05, 3.63) is 39.5 Å². The zero-order valence-corrected chi connectivity index (χ0v) is 16.3. The molecule has 0 heterocycles. The molecular formula is C18H24Cl2N2O2. The zero-order valence-electron chi connectivity index (χ0n) is 14.7. The minimum Gasteiger partial charge on any atom is -0.338 e. The van der Waals surface area contributed by atoms with E-state index in [4.69, 9.17) is 23.2 Å². The molecule has 0 aliphatic rings. The fourth-order valence-electron chi connectivity index (χ4n) is 1.94. The van der Waals surface area contributed by atoms with Crippen molar-refractivity contribution < 1.29 is 9.59 Å². The lowest BCUT2D eigenvalue weighted by molar-refractivity contribution is -0.132. The molecule has 0 saturated carbocycles. The van der Waals surface area contributed by atoms with E-state index in [0.717, 1.165) is 0 Å². The number of halogens is 2. The van der Waals surface area contributed by atoms with Crippen molar-refractivity contribution >= 4 is 41.1 Å². The first-order valence-corrected chi connectivity index (χ1v) is 8.63. The van der Waals surface area contributed by atoms with Gasteiger partial charge >= 0.3 is 0 Å². The Morgan fingerprint density at radius 3 is 2.04 bits per heavy atom. The van der Waals surface area contributed by atoms with Crippen molar-refractivity contribution in [2.45, 2.75) is 34.6 Å². The van der Waals surface area contributed by atoms with E-state index in [9.17, 15) is 9.59 Å². The quantitative estimate of drug-likeness (QED) is 0.782. The molecule has 0 aliphatic heterocycles. The molecule has 132 valence electrons. The highest BCUT2D eigenvalue weighted by Crippen LogP contribution is 2.27. The maximum atomic E-state index is 12.8. The molecule has 0 saturated heterocycles. The van der Waals surface area contributed by atoms with Gasteiger partial charge in [-0.1, -0.05) is 50.0 Å². The minimum absolute atomic E-state index is 0.161. The maximum absolute atomic E-state index is 12.8. The van der Waals surface area contributed by atoms with Gasteiger partial charge in [0.1, 0.15) is 5.70 Å². The summed E-state index contributed by atoms with van der Waals surface area (Å²) >= 11 is 12.4. The van der Waals surface area contributed by atoms with Gasteiger partial charge in [0.2, 0.25) is 5.91 Å². The third-order valence-corrected chi connectivity index (χ3v) is 4.16. The number of hydrogen-bond acceptors (Lipinski definition) is 2. The lowest BCUT2D eigenvalue weighted by atomic mass is 9.95. The van der Waals surface area contributed by atoms with Crippen LogP contribution in [0.1, 0.15) is 40.2 Å². The van der Waals surface area contributed by atoms with Crippen LogP contribution in [0, 0.1) is 5.41 Å². The van der Waals surface area contributed by atoms with Crippen molar-refractivity contribution in [3.63, 3.8) is 0 Å². The first-order chi connectivity index (χ1) is 11.1. The number of rotatable bonds is 5. The Kier molecular flexibility index (Phi) is 7.30. The summed E-state index contributed by atoms with van der Waals surface area (Å²) in [5.74, 6) is -0.522. The topological polar surface area (TPSA) is 49.4 Å². The highest BCUT2D eigenvalue weighted by Gasteiger charge is 2.26. The summed E-state index contributed by atoms with van der Waals surface area (Å²) < 4.78 is 0. The van der Waals surface area contributed by atoms with E-state index in [2.05, 4.69) is 5.32 Å². The molecule has 0 spiro atoms. The van der Waals surface area contributed by atoms with E-state index >= 15 is 0 Å². The average molecular weight is 371 g/mol. The molecule has 0 bridgehead atoms.